The van der Waals surface area contributed by atoms with Gasteiger partial charge in [0.1, 0.15) is 11.6 Å². The summed E-state index contributed by atoms with van der Waals surface area (Å²) in [6, 6.07) is 19.5. The summed E-state index contributed by atoms with van der Waals surface area (Å²) in [5.74, 6) is -2.02. The minimum absolute atomic E-state index is 0.0383. The topological polar surface area (TPSA) is 152 Å². The molecule has 8 rings (SSSR count). The number of methoxy groups -OCH3 is 1. The normalized spacial score (nSPS) is 14.0. The number of likely N-dealkylation sites (tertiary alicyclic amines) is 2. The Morgan fingerprint density at radius 1 is 0.645 bits per heavy atom. The van der Waals surface area contributed by atoms with Crippen molar-refractivity contribution in [3.8, 4) is 0 Å². The van der Waals surface area contributed by atoms with Crippen LogP contribution in [0.2, 0.25) is 0 Å². The first kappa shape index (κ1) is 43.4. The van der Waals surface area contributed by atoms with E-state index in [1.165, 1.54) is 25.3 Å². The lowest BCUT2D eigenvalue weighted by Crippen LogP contribution is -2.45. The third kappa shape index (κ3) is 9.29. The van der Waals surface area contributed by atoms with Crippen LogP contribution >= 0.6 is 0 Å². The Kier molecular flexibility index (Phi) is 13.6. The van der Waals surface area contributed by atoms with Crippen LogP contribution < -0.4 is 15.5 Å². The van der Waals surface area contributed by atoms with E-state index in [0.717, 1.165) is 66.4 Å². The second kappa shape index (κ2) is 19.4. The Balaban J connectivity index is 0.000000186. The molecule has 62 heavy (non-hydrogen) atoms. The van der Waals surface area contributed by atoms with Gasteiger partial charge in [0, 0.05) is 67.7 Å². The fourth-order valence-corrected chi connectivity index (χ4v) is 8.05. The summed E-state index contributed by atoms with van der Waals surface area (Å²) in [7, 11) is 4.94. The molecule has 4 amide bonds. The number of carbonyl (C=O) groups excluding carboxylic acids is 4. The summed E-state index contributed by atoms with van der Waals surface area (Å²) in [5, 5.41) is 10.3. The average Bonchev–Trinajstić information content (AvgIpc) is 3.89. The van der Waals surface area contributed by atoms with Crippen molar-refractivity contribution in [2.75, 3.05) is 49.6 Å². The van der Waals surface area contributed by atoms with Gasteiger partial charge in [-0.2, -0.15) is 10.2 Å². The van der Waals surface area contributed by atoms with Crippen LogP contribution in [0.4, 0.5) is 29.7 Å². The van der Waals surface area contributed by atoms with Crippen LogP contribution in [0.5, 0.6) is 0 Å². The van der Waals surface area contributed by atoms with Crippen molar-refractivity contribution in [2.45, 2.75) is 51.6 Å². The zero-order chi connectivity index (χ0) is 43.9. The fraction of sp³-hybridized carbons (Fsp3) is 0.348. The molecule has 324 valence electrons. The third-order valence-electron chi connectivity index (χ3n) is 11.5. The quantitative estimate of drug-likeness (QED) is 0.116. The maximum Gasteiger partial charge on any atom is 0.337 e. The maximum absolute atomic E-state index is 14.9. The molecule has 2 saturated heterocycles. The summed E-state index contributed by atoms with van der Waals surface area (Å²) in [5.41, 5.74) is 9.53. The number of ether oxygens (including phenoxy) is 1. The Morgan fingerprint density at radius 3 is 1.50 bits per heavy atom. The number of carbonyl (C=O) groups is 4. The summed E-state index contributed by atoms with van der Waals surface area (Å²) in [6.45, 7) is 2.64. The lowest BCUT2D eigenvalue weighted by molar-refractivity contribution is 0.0600. The molecule has 0 spiro atoms. The van der Waals surface area contributed by atoms with Crippen molar-refractivity contribution in [3.63, 3.8) is 0 Å². The van der Waals surface area contributed by atoms with Gasteiger partial charge in [0.25, 0.3) is 0 Å². The van der Waals surface area contributed by atoms with Gasteiger partial charge < -0.3 is 20.3 Å². The van der Waals surface area contributed by atoms with Gasteiger partial charge in [0.05, 0.1) is 67.1 Å². The number of nitrogens with two attached hydrogens (primary N) is 1. The number of aryl methyl sites for hydroxylation is 2. The van der Waals surface area contributed by atoms with Crippen LogP contribution in [0.3, 0.4) is 0 Å². The number of urea groups is 2. The second-order valence-corrected chi connectivity index (χ2v) is 15.5. The number of Topliss-reactive ketones (excluding diaryl/α,β-unsaturated/α-hetero) is 1. The van der Waals surface area contributed by atoms with Crippen molar-refractivity contribution in [1.82, 2.24) is 29.4 Å². The molecule has 0 radical (unpaired) electrons. The standard InChI is InChI=1S/C23H26FN5O2.C23H25FN4O3/c1-27-20-6-5-7-21(18(20)14-26-27)29(23(31)28-10-3-2-4-11-28)15-17-9-8-16(12-19(17)24)22(30)13-25;1-26-20-7-6-8-21(18(20)14-25-26)28(23(30)27-11-4-3-5-12-27)15-17-10-9-16(13-19(17)24)22(29)31-2/h5-9,12,14H,2-4,10-11,13,15,25H2,1H3;6-10,13-14H,3-5,11-12,15H2,1-2H3. The lowest BCUT2D eigenvalue weighted by Gasteiger charge is -2.33. The first-order valence-corrected chi connectivity index (χ1v) is 20.8. The number of fused-ring (bicyclic) bond motifs is 2. The average molecular weight is 848 g/mol. The lowest BCUT2D eigenvalue weighted by atomic mass is 10.1. The molecule has 0 atom stereocenters. The highest BCUT2D eigenvalue weighted by Crippen LogP contribution is 2.32. The van der Waals surface area contributed by atoms with Gasteiger partial charge in [-0.05, 0) is 81.0 Å². The number of esters is 1. The van der Waals surface area contributed by atoms with Crippen LogP contribution in [-0.2, 0) is 31.9 Å². The molecule has 2 aromatic heterocycles. The van der Waals surface area contributed by atoms with Gasteiger partial charge in [0.2, 0.25) is 0 Å². The Hall–Kier alpha value is -6.68. The smallest absolute Gasteiger partial charge is 0.337 e. The van der Waals surface area contributed by atoms with Crippen molar-refractivity contribution in [2.24, 2.45) is 19.8 Å². The van der Waals surface area contributed by atoms with Crippen molar-refractivity contribution < 1.29 is 32.7 Å². The molecule has 4 aromatic carbocycles. The van der Waals surface area contributed by atoms with Crippen LogP contribution in [0.1, 0.15) is 70.4 Å². The summed E-state index contributed by atoms with van der Waals surface area (Å²) >= 11 is 0. The number of aromatic nitrogens is 4. The van der Waals surface area contributed by atoms with Crippen molar-refractivity contribution in [1.29, 1.82) is 0 Å². The first-order chi connectivity index (χ1) is 30.0. The minimum Gasteiger partial charge on any atom is -0.465 e. The minimum atomic E-state index is -0.605. The molecule has 0 saturated carbocycles. The molecule has 2 fully saturated rings. The molecular weight excluding hydrogens is 797 g/mol. The van der Waals surface area contributed by atoms with E-state index in [0.29, 0.717) is 48.7 Å². The number of piperidine rings is 2. The highest BCUT2D eigenvalue weighted by Gasteiger charge is 2.29. The van der Waals surface area contributed by atoms with E-state index in [2.05, 4.69) is 14.9 Å². The number of nitrogens with zero attached hydrogens (tertiary/aromatic N) is 8. The summed E-state index contributed by atoms with van der Waals surface area (Å²) in [4.78, 5) is 57.4. The molecular formula is C46H51F2N9O5. The van der Waals surface area contributed by atoms with Gasteiger partial charge in [0.15, 0.2) is 5.78 Å². The number of rotatable bonds is 9. The second-order valence-electron chi connectivity index (χ2n) is 15.5. The van der Waals surface area contributed by atoms with Crippen LogP contribution in [-0.4, -0.2) is 93.0 Å². The molecule has 6 aromatic rings. The van der Waals surface area contributed by atoms with Gasteiger partial charge in [-0.15, -0.1) is 0 Å². The SMILES string of the molecule is COC(=O)c1ccc(CN(C(=O)N2CCCCC2)c2cccc3c2cnn3C)c(F)c1.Cn1ncc2c(N(Cc3ccc(C(=O)CN)cc3F)C(=O)N3CCCCC3)cccc21. The zero-order valence-electron chi connectivity index (χ0n) is 35.2. The Bertz CT molecular complexity index is 2420. The molecule has 0 aliphatic carbocycles. The van der Waals surface area contributed by atoms with E-state index < -0.39 is 17.6 Å². The molecule has 4 heterocycles. The maximum atomic E-state index is 14.9. The highest BCUT2D eigenvalue weighted by atomic mass is 19.1. The number of ketones is 1. The van der Waals surface area contributed by atoms with Gasteiger partial charge in [-0.3, -0.25) is 24.0 Å². The van der Waals surface area contributed by atoms with Gasteiger partial charge in [-0.1, -0.05) is 30.3 Å². The number of hydrogen-bond acceptors (Lipinski definition) is 8. The summed E-state index contributed by atoms with van der Waals surface area (Å²) in [6.07, 6.45) is 9.48. The number of amides is 4. The van der Waals surface area contributed by atoms with Gasteiger partial charge >= 0.3 is 18.0 Å². The van der Waals surface area contributed by atoms with E-state index in [-0.39, 0.29) is 48.6 Å². The van der Waals surface area contributed by atoms with E-state index in [9.17, 15) is 28.0 Å². The number of hydrogen-bond donors (Lipinski definition) is 1. The van der Waals surface area contributed by atoms with Crippen LogP contribution in [0.25, 0.3) is 21.8 Å². The van der Waals surface area contributed by atoms with Crippen molar-refractivity contribution in [3.05, 3.63) is 119 Å². The fourth-order valence-electron chi connectivity index (χ4n) is 8.05. The number of benzene rings is 4. The Morgan fingerprint density at radius 2 is 1.08 bits per heavy atom. The van der Waals surface area contributed by atoms with Crippen LogP contribution in [0.15, 0.2) is 85.2 Å². The molecule has 2 N–H and O–H groups in total. The molecule has 2 aliphatic rings. The number of halogens is 2. The number of anilines is 2. The monoisotopic (exact) mass is 847 g/mol. The first-order valence-electron chi connectivity index (χ1n) is 20.8. The van der Waals surface area contributed by atoms with Crippen molar-refractivity contribution >= 4 is 57.0 Å². The largest absolute Gasteiger partial charge is 0.465 e. The van der Waals surface area contributed by atoms with E-state index in [4.69, 9.17) is 5.73 Å². The molecule has 0 unspecified atom stereocenters. The third-order valence-corrected chi connectivity index (χ3v) is 11.5. The predicted molar refractivity (Wildman–Crippen MR) is 233 cm³/mol. The molecule has 14 nitrogen and oxygen atoms in total. The summed E-state index contributed by atoms with van der Waals surface area (Å²) < 4.78 is 37.9. The van der Waals surface area contributed by atoms with E-state index in [1.807, 2.05) is 60.3 Å². The predicted octanol–water partition coefficient (Wildman–Crippen LogP) is 7.58. The highest BCUT2D eigenvalue weighted by molar-refractivity contribution is 6.03. The van der Waals surface area contributed by atoms with Gasteiger partial charge in [-0.25, -0.2) is 23.2 Å². The molecule has 2 aliphatic heterocycles. The van der Waals surface area contributed by atoms with E-state index in [1.54, 1.807) is 43.7 Å². The molecule has 16 heteroatoms. The van der Waals surface area contributed by atoms with Crippen LogP contribution in [0, 0.1) is 11.6 Å². The Labute approximate surface area is 358 Å². The van der Waals surface area contributed by atoms with E-state index >= 15 is 0 Å². The zero-order valence-corrected chi connectivity index (χ0v) is 35.2. The molecule has 0 bridgehead atoms.